The summed E-state index contributed by atoms with van der Waals surface area (Å²) < 4.78 is 11.0. The molecule has 2 N–H and O–H groups in total. The number of fused-ring (bicyclic) bond motifs is 1. The van der Waals surface area contributed by atoms with Crippen LogP contribution in [0.3, 0.4) is 0 Å². The van der Waals surface area contributed by atoms with E-state index in [9.17, 15) is 4.79 Å². The Morgan fingerprint density at radius 3 is 2.42 bits per heavy atom. The first-order valence-corrected chi connectivity index (χ1v) is 9.05. The van der Waals surface area contributed by atoms with E-state index in [-0.39, 0.29) is 6.03 Å². The largest absolute Gasteiger partial charge is 0.486 e. The number of aryl methyl sites for hydroxylation is 1. The van der Waals surface area contributed by atoms with E-state index in [1.807, 2.05) is 36.6 Å². The Balaban J connectivity index is 1.40. The topological polar surface area (TPSA) is 72.5 Å². The van der Waals surface area contributed by atoms with Gasteiger partial charge in [-0.1, -0.05) is 12.1 Å². The van der Waals surface area contributed by atoms with Crippen LogP contribution in [-0.2, 0) is 0 Å². The second-order valence-corrected chi connectivity index (χ2v) is 6.83. The van der Waals surface area contributed by atoms with Crippen LogP contribution in [0.4, 0.5) is 16.2 Å². The summed E-state index contributed by atoms with van der Waals surface area (Å²) >= 11 is 1.62. The van der Waals surface area contributed by atoms with E-state index >= 15 is 0 Å². The molecule has 7 heteroatoms. The van der Waals surface area contributed by atoms with E-state index in [1.54, 1.807) is 29.5 Å². The highest BCUT2D eigenvalue weighted by Crippen LogP contribution is 2.32. The molecule has 0 bridgehead atoms. The molecule has 2 heterocycles. The quantitative estimate of drug-likeness (QED) is 0.713. The van der Waals surface area contributed by atoms with Crippen LogP contribution in [0.2, 0.25) is 0 Å². The summed E-state index contributed by atoms with van der Waals surface area (Å²) in [4.78, 5) is 16.7. The number of aromatic nitrogens is 1. The molecule has 1 aromatic heterocycles. The lowest BCUT2D eigenvalue weighted by Crippen LogP contribution is -2.20. The zero-order valence-corrected chi connectivity index (χ0v) is 14.9. The van der Waals surface area contributed by atoms with Gasteiger partial charge in [-0.3, -0.25) is 0 Å². The molecule has 0 atom stereocenters. The SMILES string of the molecule is Cc1nc(-c2ccc(NC(=O)Nc3ccc4c(c3)OCCO4)cc2)cs1. The number of ether oxygens (including phenoxy) is 2. The van der Waals surface area contributed by atoms with Gasteiger partial charge in [0.1, 0.15) is 13.2 Å². The Hall–Kier alpha value is -3.06. The number of amides is 2. The molecule has 0 saturated heterocycles. The van der Waals surface area contributed by atoms with Gasteiger partial charge in [-0.2, -0.15) is 0 Å². The molecule has 132 valence electrons. The minimum Gasteiger partial charge on any atom is -0.486 e. The number of urea groups is 1. The first-order chi connectivity index (χ1) is 12.7. The molecule has 26 heavy (non-hydrogen) atoms. The number of nitrogens with one attached hydrogen (secondary N) is 2. The summed E-state index contributed by atoms with van der Waals surface area (Å²) in [5.41, 5.74) is 3.31. The van der Waals surface area contributed by atoms with Crippen molar-refractivity contribution in [2.75, 3.05) is 23.8 Å². The molecule has 0 aliphatic carbocycles. The number of hydrogen-bond acceptors (Lipinski definition) is 5. The van der Waals surface area contributed by atoms with Gasteiger partial charge >= 0.3 is 6.03 Å². The molecule has 0 spiro atoms. The summed E-state index contributed by atoms with van der Waals surface area (Å²) in [5, 5.41) is 8.66. The molecule has 4 rings (SSSR count). The Bertz CT molecular complexity index is 937. The van der Waals surface area contributed by atoms with Crippen LogP contribution in [0.1, 0.15) is 5.01 Å². The van der Waals surface area contributed by atoms with Crippen molar-refractivity contribution in [2.24, 2.45) is 0 Å². The molecule has 0 radical (unpaired) electrons. The third-order valence-corrected chi connectivity index (χ3v) is 4.63. The Labute approximate surface area is 154 Å². The van der Waals surface area contributed by atoms with Crippen LogP contribution < -0.4 is 20.1 Å². The van der Waals surface area contributed by atoms with Crippen LogP contribution in [0.15, 0.2) is 47.8 Å². The monoisotopic (exact) mass is 367 g/mol. The van der Waals surface area contributed by atoms with E-state index in [0.29, 0.717) is 36.1 Å². The molecule has 0 saturated carbocycles. The highest BCUT2D eigenvalue weighted by atomic mass is 32.1. The maximum atomic E-state index is 12.2. The molecule has 3 aromatic rings. The first-order valence-electron chi connectivity index (χ1n) is 8.17. The van der Waals surface area contributed by atoms with E-state index < -0.39 is 0 Å². The minimum absolute atomic E-state index is 0.320. The van der Waals surface area contributed by atoms with Gasteiger partial charge in [0.05, 0.1) is 10.7 Å². The van der Waals surface area contributed by atoms with Crippen LogP contribution in [-0.4, -0.2) is 24.2 Å². The van der Waals surface area contributed by atoms with Crippen molar-refractivity contribution in [3.8, 4) is 22.8 Å². The van der Waals surface area contributed by atoms with E-state index in [2.05, 4.69) is 15.6 Å². The highest BCUT2D eigenvalue weighted by molar-refractivity contribution is 7.09. The van der Waals surface area contributed by atoms with Crippen molar-refractivity contribution in [3.63, 3.8) is 0 Å². The number of carbonyl (C=O) groups is 1. The summed E-state index contributed by atoms with van der Waals surface area (Å²) in [5.74, 6) is 1.33. The standard InChI is InChI=1S/C19H17N3O3S/c1-12-20-16(11-26-12)13-2-4-14(5-3-13)21-19(23)22-15-6-7-17-18(10-15)25-9-8-24-17/h2-7,10-11H,8-9H2,1H3,(H2,21,22,23). The number of thiazole rings is 1. The Morgan fingerprint density at radius 1 is 1.00 bits per heavy atom. The van der Waals surface area contributed by atoms with Crippen molar-refractivity contribution in [1.29, 1.82) is 0 Å². The van der Waals surface area contributed by atoms with Gasteiger partial charge in [0.25, 0.3) is 0 Å². The van der Waals surface area contributed by atoms with E-state index in [4.69, 9.17) is 9.47 Å². The summed E-state index contributed by atoms with van der Waals surface area (Å²) in [6, 6.07) is 12.6. The predicted molar refractivity (Wildman–Crippen MR) is 102 cm³/mol. The summed E-state index contributed by atoms with van der Waals surface area (Å²) in [7, 11) is 0. The summed E-state index contributed by atoms with van der Waals surface area (Å²) in [6.45, 7) is 3.02. The number of anilines is 2. The first kappa shape index (κ1) is 16.4. The second kappa shape index (κ2) is 7.05. The minimum atomic E-state index is -0.320. The Kier molecular flexibility index (Phi) is 4.45. The lowest BCUT2D eigenvalue weighted by molar-refractivity contribution is 0.171. The molecule has 1 aliphatic heterocycles. The van der Waals surface area contributed by atoms with Crippen LogP contribution in [0.5, 0.6) is 11.5 Å². The van der Waals surface area contributed by atoms with E-state index in [0.717, 1.165) is 16.3 Å². The average molecular weight is 367 g/mol. The van der Waals surface area contributed by atoms with Crippen molar-refractivity contribution < 1.29 is 14.3 Å². The molecule has 2 aromatic carbocycles. The zero-order chi connectivity index (χ0) is 17.9. The molecule has 1 aliphatic rings. The molecule has 0 fully saturated rings. The van der Waals surface area contributed by atoms with Crippen molar-refractivity contribution in [3.05, 3.63) is 52.9 Å². The molecular weight excluding hydrogens is 350 g/mol. The smallest absolute Gasteiger partial charge is 0.323 e. The Morgan fingerprint density at radius 2 is 1.69 bits per heavy atom. The summed E-state index contributed by atoms with van der Waals surface area (Å²) in [6.07, 6.45) is 0. The second-order valence-electron chi connectivity index (χ2n) is 5.77. The number of carbonyl (C=O) groups excluding carboxylic acids is 1. The van der Waals surface area contributed by atoms with Crippen LogP contribution in [0.25, 0.3) is 11.3 Å². The molecule has 0 unspecified atom stereocenters. The lowest BCUT2D eigenvalue weighted by Gasteiger charge is -2.19. The third kappa shape index (κ3) is 3.62. The number of rotatable bonds is 3. The average Bonchev–Trinajstić information content (AvgIpc) is 3.08. The zero-order valence-electron chi connectivity index (χ0n) is 14.1. The van der Waals surface area contributed by atoms with Gasteiger partial charge in [0.2, 0.25) is 0 Å². The van der Waals surface area contributed by atoms with E-state index in [1.165, 1.54) is 0 Å². The van der Waals surface area contributed by atoms with Gasteiger partial charge in [0.15, 0.2) is 11.5 Å². The van der Waals surface area contributed by atoms with Crippen molar-refractivity contribution in [2.45, 2.75) is 6.92 Å². The van der Waals surface area contributed by atoms with Crippen molar-refractivity contribution in [1.82, 2.24) is 4.98 Å². The van der Waals surface area contributed by atoms with Gasteiger partial charge in [-0.05, 0) is 31.2 Å². The molecule has 6 nitrogen and oxygen atoms in total. The third-order valence-electron chi connectivity index (χ3n) is 3.86. The van der Waals surface area contributed by atoms with Gasteiger partial charge in [-0.25, -0.2) is 9.78 Å². The predicted octanol–water partition coefficient (Wildman–Crippen LogP) is 4.53. The fraction of sp³-hybridized carbons (Fsp3) is 0.158. The number of nitrogens with zero attached hydrogens (tertiary/aromatic N) is 1. The number of benzene rings is 2. The van der Waals surface area contributed by atoms with Gasteiger partial charge < -0.3 is 20.1 Å². The van der Waals surface area contributed by atoms with Crippen molar-refractivity contribution >= 4 is 28.7 Å². The maximum absolute atomic E-state index is 12.2. The van der Waals surface area contributed by atoms with Gasteiger partial charge in [-0.15, -0.1) is 11.3 Å². The van der Waals surface area contributed by atoms with Crippen LogP contribution >= 0.6 is 11.3 Å². The maximum Gasteiger partial charge on any atom is 0.323 e. The lowest BCUT2D eigenvalue weighted by atomic mass is 10.1. The molecule has 2 amide bonds. The molecular formula is C19H17N3O3S. The fourth-order valence-corrected chi connectivity index (χ4v) is 3.26. The highest BCUT2D eigenvalue weighted by Gasteiger charge is 2.13. The normalized spacial score (nSPS) is 12.5. The van der Waals surface area contributed by atoms with Gasteiger partial charge in [0, 0.05) is 28.4 Å². The fourth-order valence-electron chi connectivity index (χ4n) is 2.63. The number of hydrogen-bond donors (Lipinski definition) is 2. The van der Waals surface area contributed by atoms with Crippen LogP contribution in [0, 0.1) is 6.92 Å².